The van der Waals surface area contributed by atoms with Crippen LogP contribution in [0.3, 0.4) is 0 Å². The van der Waals surface area contributed by atoms with Crippen molar-refractivity contribution in [2.45, 2.75) is 13.0 Å². The Morgan fingerprint density at radius 3 is 2.90 bits per heavy atom. The Balaban J connectivity index is 1.64. The fourth-order valence-corrected chi connectivity index (χ4v) is 2.92. The molecule has 0 fully saturated rings. The molecule has 6 heteroatoms. The second-order valence-electron chi connectivity index (χ2n) is 4.50. The number of halogens is 1. The first-order chi connectivity index (χ1) is 9.81. The minimum absolute atomic E-state index is 0.744. The van der Waals surface area contributed by atoms with Crippen molar-refractivity contribution in [3.8, 4) is 10.6 Å². The van der Waals surface area contributed by atoms with E-state index in [1.165, 1.54) is 4.88 Å². The SMILES string of the molecule is Clc1ccc(-c2ncc(CNC3=NCCCN3)s2)cc1. The van der Waals surface area contributed by atoms with Crippen LogP contribution in [0.4, 0.5) is 0 Å². The zero-order valence-electron chi connectivity index (χ0n) is 10.9. The van der Waals surface area contributed by atoms with Gasteiger partial charge in [-0.3, -0.25) is 4.99 Å². The number of aliphatic imine (C=N–C) groups is 1. The molecule has 2 aromatic rings. The largest absolute Gasteiger partial charge is 0.356 e. The van der Waals surface area contributed by atoms with Gasteiger partial charge in [0.15, 0.2) is 5.96 Å². The molecule has 2 heterocycles. The zero-order valence-corrected chi connectivity index (χ0v) is 12.5. The second-order valence-corrected chi connectivity index (χ2v) is 6.05. The number of nitrogens with zero attached hydrogens (tertiary/aromatic N) is 2. The van der Waals surface area contributed by atoms with Crippen molar-refractivity contribution in [1.29, 1.82) is 0 Å². The van der Waals surface area contributed by atoms with Crippen molar-refractivity contribution in [3.63, 3.8) is 0 Å². The summed E-state index contributed by atoms with van der Waals surface area (Å²) in [4.78, 5) is 10.0. The number of nitrogens with one attached hydrogen (secondary N) is 2. The van der Waals surface area contributed by atoms with E-state index in [0.717, 1.165) is 47.6 Å². The third-order valence-corrected chi connectivity index (χ3v) is 4.27. The topological polar surface area (TPSA) is 49.3 Å². The molecule has 0 saturated carbocycles. The molecule has 0 bridgehead atoms. The molecule has 0 amide bonds. The molecule has 104 valence electrons. The van der Waals surface area contributed by atoms with Gasteiger partial charge >= 0.3 is 0 Å². The molecule has 4 nitrogen and oxygen atoms in total. The lowest BCUT2D eigenvalue weighted by Crippen LogP contribution is -2.40. The standard InChI is InChI=1S/C14H15ClN4S/c15-11-4-2-10(3-5-11)13-18-8-12(20-13)9-19-14-16-6-1-7-17-14/h2-5,8H,1,6-7,9H2,(H2,16,17,19). The molecular weight excluding hydrogens is 292 g/mol. The van der Waals surface area contributed by atoms with E-state index in [1.54, 1.807) is 11.3 Å². The van der Waals surface area contributed by atoms with Crippen LogP contribution in [0.15, 0.2) is 35.5 Å². The van der Waals surface area contributed by atoms with Gasteiger partial charge in [0.25, 0.3) is 0 Å². The Labute approximate surface area is 126 Å². The van der Waals surface area contributed by atoms with Gasteiger partial charge in [-0.25, -0.2) is 4.98 Å². The van der Waals surface area contributed by atoms with Crippen molar-refractivity contribution >= 4 is 28.9 Å². The summed E-state index contributed by atoms with van der Waals surface area (Å²) in [7, 11) is 0. The minimum atomic E-state index is 0.744. The number of aromatic nitrogens is 1. The van der Waals surface area contributed by atoms with Crippen molar-refractivity contribution in [2.75, 3.05) is 13.1 Å². The van der Waals surface area contributed by atoms with Crippen LogP contribution >= 0.6 is 22.9 Å². The Morgan fingerprint density at radius 1 is 1.30 bits per heavy atom. The molecule has 1 aromatic heterocycles. The highest BCUT2D eigenvalue weighted by molar-refractivity contribution is 7.15. The van der Waals surface area contributed by atoms with Gasteiger partial charge in [0, 0.05) is 34.7 Å². The molecule has 0 aliphatic carbocycles. The van der Waals surface area contributed by atoms with E-state index < -0.39 is 0 Å². The summed E-state index contributed by atoms with van der Waals surface area (Å²) in [6.07, 6.45) is 3.01. The molecule has 1 aromatic carbocycles. The van der Waals surface area contributed by atoms with Gasteiger partial charge in [-0.05, 0) is 18.6 Å². The first-order valence-corrected chi connectivity index (χ1v) is 7.73. The summed E-state index contributed by atoms with van der Waals surface area (Å²) in [6.45, 7) is 2.63. The first kappa shape index (κ1) is 13.4. The van der Waals surface area contributed by atoms with Crippen LogP contribution in [0.25, 0.3) is 10.6 Å². The summed E-state index contributed by atoms with van der Waals surface area (Å²) in [5.41, 5.74) is 1.10. The van der Waals surface area contributed by atoms with Crippen LogP contribution in [0, 0.1) is 0 Å². The van der Waals surface area contributed by atoms with Crippen LogP contribution < -0.4 is 10.6 Å². The summed E-state index contributed by atoms with van der Waals surface area (Å²) < 4.78 is 0. The molecule has 2 N–H and O–H groups in total. The maximum Gasteiger partial charge on any atom is 0.191 e. The Morgan fingerprint density at radius 2 is 2.15 bits per heavy atom. The maximum absolute atomic E-state index is 5.89. The van der Waals surface area contributed by atoms with E-state index in [4.69, 9.17) is 11.6 Å². The van der Waals surface area contributed by atoms with E-state index in [0.29, 0.717) is 0 Å². The summed E-state index contributed by atoms with van der Waals surface area (Å²) in [5.74, 6) is 0.887. The van der Waals surface area contributed by atoms with Crippen LogP contribution in [0.2, 0.25) is 5.02 Å². The molecular formula is C14H15ClN4S. The molecule has 0 atom stereocenters. The number of guanidine groups is 1. The number of benzene rings is 1. The average molecular weight is 307 g/mol. The Hall–Kier alpha value is -1.59. The minimum Gasteiger partial charge on any atom is -0.356 e. The number of hydrogen-bond donors (Lipinski definition) is 2. The lowest BCUT2D eigenvalue weighted by Gasteiger charge is -2.15. The smallest absolute Gasteiger partial charge is 0.191 e. The van der Waals surface area contributed by atoms with Crippen LogP contribution in [-0.4, -0.2) is 24.0 Å². The lowest BCUT2D eigenvalue weighted by atomic mass is 10.2. The molecule has 3 rings (SSSR count). The zero-order chi connectivity index (χ0) is 13.8. The normalized spacial score (nSPS) is 14.6. The van der Waals surface area contributed by atoms with Gasteiger partial charge in [0.2, 0.25) is 0 Å². The van der Waals surface area contributed by atoms with Crippen molar-refractivity contribution in [3.05, 3.63) is 40.4 Å². The van der Waals surface area contributed by atoms with Gasteiger partial charge in [-0.2, -0.15) is 0 Å². The molecule has 0 unspecified atom stereocenters. The predicted molar refractivity (Wildman–Crippen MR) is 84.3 cm³/mol. The molecule has 0 saturated heterocycles. The molecule has 0 spiro atoms. The van der Waals surface area contributed by atoms with Crippen LogP contribution in [0.5, 0.6) is 0 Å². The van der Waals surface area contributed by atoms with Gasteiger partial charge < -0.3 is 10.6 Å². The Kier molecular flexibility index (Phi) is 4.18. The van der Waals surface area contributed by atoms with Crippen LogP contribution in [-0.2, 0) is 6.54 Å². The highest BCUT2D eigenvalue weighted by atomic mass is 35.5. The number of hydrogen-bond acceptors (Lipinski definition) is 5. The summed E-state index contributed by atoms with van der Waals surface area (Å²) in [5, 5.41) is 8.30. The van der Waals surface area contributed by atoms with E-state index in [1.807, 2.05) is 30.5 Å². The number of thiazole rings is 1. The van der Waals surface area contributed by atoms with E-state index in [2.05, 4.69) is 20.6 Å². The lowest BCUT2D eigenvalue weighted by molar-refractivity contribution is 0.703. The fraction of sp³-hybridized carbons (Fsp3) is 0.286. The molecule has 1 aliphatic heterocycles. The van der Waals surface area contributed by atoms with Crippen molar-refractivity contribution < 1.29 is 0 Å². The summed E-state index contributed by atoms with van der Waals surface area (Å²) >= 11 is 7.57. The highest BCUT2D eigenvalue weighted by Gasteiger charge is 2.07. The quantitative estimate of drug-likeness (QED) is 0.916. The third kappa shape index (κ3) is 3.29. The van der Waals surface area contributed by atoms with Gasteiger partial charge in [-0.1, -0.05) is 23.7 Å². The monoisotopic (exact) mass is 306 g/mol. The first-order valence-electron chi connectivity index (χ1n) is 6.54. The highest BCUT2D eigenvalue weighted by Crippen LogP contribution is 2.26. The van der Waals surface area contributed by atoms with Crippen molar-refractivity contribution in [2.24, 2.45) is 4.99 Å². The molecule has 20 heavy (non-hydrogen) atoms. The maximum atomic E-state index is 5.89. The second kappa shape index (κ2) is 6.24. The van der Waals surface area contributed by atoms with Crippen LogP contribution in [0.1, 0.15) is 11.3 Å². The average Bonchev–Trinajstić information content (AvgIpc) is 2.96. The third-order valence-electron chi connectivity index (χ3n) is 2.97. The molecule has 1 aliphatic rings. The van der Waals surface area contributed by atoms with E-state index in [-0.39, 0.29) is 0 Å². The fourth-order valence-electron chi connectivity index (χ4n) is 1.94. The summed E-state index contributed by atoms with van der Waals surface area (Å²) in [6, 6.07) is 7.75. The van der Waals surface area contributed by atoms with E-state index >= 15 is 0 Å². The molecule has 0 radical (unpaired) electrons. The van der Waals surface area contributed by atoms with E-state index in [9.17, 15) is 0 Å². The predicted octanol–water partition coefficient (Wildman–Crippen LogP) is 2.90. The van der Waals surface area contributed by atoms with Gasteiger partial charge in [-0.15, -0.1) is 11.3 Å². The van der Waals surface area contributed by atoms with Crippen molar-refractivity contribution in [1.82, 2.24) is 15.6 Å². The van der Waals surface area contributed by atoms with Gasteiger partial charge in [0.1, 0.15) is 5.01 Å². The Bertz CT molecular complexity index is 606. The number of rotatable bonds is 3. The van der Waals surface area contributed by atoms with Gasteiger partial charge in [0.05, 0.1) is 6.54 Å².